The molecule has 2 fully saturated rings. The van der Waals surface area contributed by atoms with Crippen LogP contribution in [0.4, 0.5) is 0 Å². The molecule has 0 bridgehead atoms. The Kier molecular flexibility index (Phi) is 12.8. The fourth-order valence-corrected chi connectivity index (χ4v) is 2.63. The van der Waals surface area contributed by atoms with Gasteiger partial charge in [0.05, 0.1) is 13.2 Å². The Morgan fingerprint density at radius 2 is 1.34 bits per heavy atom. The zero-order valence-electron chi connectivity index (χ0n) is 16.2. The van der Waals surface area contributed by atoms with E-state index in [0.717, 1.165) is 0 Å². The van der Waals surface area contributed by atoms with Crippen molar-refractivity contribution in [1.82, 2.24) is 0 Å². The van der Waals surface area contributed by atoms with E-state index in [1.54, 1.807) is 0 Å². The molecule has 2 heterocycles. The van der Waals surface area contributed by atoms with Gasteiger partial charge in [0.15, 0.2) is 6.29 Å². The van der Waals surface area contributed by atoms with Crippen LogP contribution in [0, 0.1) is 0 Å². The quantitative estimate of drug-likeness (QED) is 0.129. The smallest absolute Gasteiger partial charge is 1.00 e. The summed E-state index contributed by atoms with van der Waals surface area (Å²) >= 11 is 0. The Bertz CT molecular complexity index is 588. The number of hydrogen-bond acceptors (Lipinski definition) is 13. The van der Waals surface area contributed by atoms with Gasteiger partial charge in [-0.2, -0.15) is 8.42 Å². The second-order valence-electron chi connectivity index (χ2n) is 6.01. The maximum absolute atomic E-state index is 10.00. The molecule has 0 aromatic rings. The van der Waals surface area contributed by atoms with Crippen LogP contribution in [-0.2, 0) is 24.6 Å². The van der Waals surface area contributed by atoms with Crippen LogP contribution in [-0.4, -0.2) is 133 Å². The summed E-state index contributed by atoms with van der Waals surface area (Å²) in [4.78, 5) is 0. The van der Waals surface area contributed by atoms with Crippen LogP contribution in [0.2, 0.25) is 0 Å². The molecule has 0 amide bonds. The Hall–Kier alpha value is 1.07. The third-order valence-electron chi connectivity index (χ3n) is 4.07. The van der Waals surface area contributed by atoms with Crippen LogP contribution in [0.1, 0.15) is 1.43 Å². The second kappa shape index (κ2) is 12.3. The van der Waals surface area contributed by atoms with Gasteiger partial charge in [-0.15, -0.1) is 0 Å². The standard InChI is InChI=1S/C12H22O11.K.H2O4S.H/c13-1-4-6(16)8(18)9(19)11(21-4)23-12(3-15)10(20)7(17)5(2-14)22-12;;1-5(2,3)4;/h4-11,13-20H,1-3H2;;(H2,1,2,3,4);/q;+1;;-1/t4-,5-,6-,7-,8+,9-,10+,11-,12+;;;/m1.../s1. The van der Waals surface area contributed by atoms with E-state index >= 15 is 0 Å². The third kappa shape index (κ3) is 7.85. The van der Waals surface area contributed by atoms with Gasteiger partial charge >= 0.3 is 61.8 Å². The number of aliphatic hydroxyl groups excluding tert-OH is 8. The minimum Gasteiger partial charge on any atom is -1.00 e. The molecule has 17 heteroatoms. The SMILES string of the molecule is O=S(=O)(O)O.OC[C@H]1O[C@@](CO)(O[C@H]2O[C@H](CO)[C@@H](O)[C@H](O)[C@H]2O)[C@@H](O)[C@@H]1O.[H-].[K+]. The van der Waals surface area contributed by atoms with Gasteiger partial charge in [-0.1, -0.05) is 0 Å². The molecule has 2 saturated heterocycles. The van der Waals surface area contributed by atoms with E-state index in [-0.39, 0.29) is 52.8 Å². The topological polar surface area (TPSA) is 264 Å². The summed E-state index contributed by atoms with van der Waals surface area (Å²) in [7, 11) is -4.67. The largest absolute Gasteiger partial charge is 1.00 e. The van der Waals surface area contributed by atoms with E-state index in [1.165, 1.54) is 0 Å². The molecular weight excluding hydrogens is 455 g/mol. The monoisotopic (exact) mass is 480 g/mol. The molecule has 2 aliphatic heterocycles. The first-order chi connectivity index (χ1) is 12.8. The van der Waals surface area contributed by atoms with E-state index in [2.05, 4.69) is 0 Å². The molecule has 0 radical (unpaired) electrons. The van der Waals surface area contributed by atoms with Crippen molar-refractivity contribution in [3.05, 3.63) is 0 Å². The molecule has 0 aliphatic carbocycles. The molecule has 0 unspecified atom stereocenters. The van der Waals surface area contributed by atoms with Crippen molar-refractivity contribution in [2.24, 2.45) is 0 Å². The van der Waals surface area contributed by atoms with E-state index in [1.807, 2.05) is 0 Å². The molecule has 0 spiro atoms. The van der Waals surface area contributed by atoms with Gasteiger partial charge in [0.2, 0.25) is 5.79 Å². The Morgan fingerprint density at radius 3 is 1.72 bits per heavy atom. The summed E-state index contributed by atoms with van der Waals surface area (Å²) in [6.45, 7) is -2.32. The first kappa shape index (κ1) is 30.1. The normalized spacial score (nSPS) is 42.6. The molecule has 0 aromatic carbocycles. The molecule has 0 aromatic heterocycles. The third-order valence-corrected chi connectivity index (χ3v) is 4.07. The van der Waals surface area contributed by atoms with Crippen molar-refractivity contribution in [3.63, 3.8) is 0 Å². The van der Waals surface area contributed by atoms with Gasteiger partial charge in [-0.25, -0.2) is 0 Å². The number of hydrogen-bond donors (Lipinski definition) is 10. The Labute approximate surface area is 208 Å². The minimum atomic E-state index is -4.67. The Balaban J connectivity index is 0. The summed E-state index contributed by atoms with van der Waals surface area (Å²) in [5.74, 6) is -2.22. The van der Waals surface area contributed by atoms with Gasteiger partial charge in [0.1, 0.15) is 49.3 Å². The molecule has 15 nitrogen and oxygen atoms in total. The summed E-state index contributed by atoms with van der Waals surface area (Å²) in [5.41, 5.74) is 0. The zero-order chi connectivity index (χ0) is 21.9. The first-order valence-electron chi connectivity index (χ1n) is 7.75. The molecule has 9 atom stereocenters. The maximum atomic E-state index is 10.00. The van der Waals surface area contributed by atoms with Crippen LogP contribution in [0.25, 0.3) is 0 Å². The van der Waals surface area contributed by atoms with Gasteiger partial charge in [0, 0.05) is 0 Å². The van der Waals surface area contributed by atoms with E-state index in [4.69, 9.17) is 41.9 Å². The van der Waals surface area contributed by atoms with Crippen molar-refractivity contribution in [1.29, 1.82) is 0 Å². The van der Waals surface area contributed by atoms with Crippen molar-refractivity contribution in [3.8, 4) is 0 Å². The first-order valence-corrected chi connectivity index (χ1v) is 9.14. The van der Waals surface area contributed by atoms with Crippen LogP contribution in [0.3, 0.4) is 0 Å². The number of aliphatic hydroxyl groups is 8. The van der Waals surface area contributed by atoms with Gasteiger partial charge in [0.25, 0.3) is 0 Å². The minimum absolute atomic E-state index is 0. The zero-order valence-corrected chi connectivity index (χ0v) is 19.1. The van der Waals surface area contributed by atoms with Crippen molar-refractivity contribution < 1.29 is 125 Å². The average Bonchev–Trinajstić information content (AvgIpc) is 2.86. The average molecular weight is 480 g/mol. The fraction of sp³-hybridized carbons (Fsp3) is 1.00. The molecular formula is C12H25KO15S. The summed E-state index contributed by atoms with van der Waals surface area (Å²) in [6, 6.07) is 0. The maximum Gasteiger partial charge on any atom is 1.00 e. The predicted octanol–water partition coefficient (Wildman–Crippen LogP) is -8.93. The van der Waals surface area contributed by atoms with Crippen molar-refractivity contribution in [2.45, 2.75) is 54.8 Å². The number of rotatable bonds is 5. The van der Waals surface area contributed by atoms with E-state index < -0.39 is 85.0 Å². The molecule has 0 saturated carbocycles. The summed E-state index contributed by atoms with van der Waals surface area (Å²) in [6.07, 6.45) is -12.7. The van der Waals surface area contributed by atoms with Crippen LogP contribution in [0.15, 0.2) is 0 Å². The van der Waals surface area contributed by atoms with Gasteiger partial charge in [-0.3, -0.25) is 9.11 Å². The van der Waals surface area contributed by atoms with E-state index in [9.17, 15) is 30.6 Å². The van der Waals surface area contributed by atoms with Crippen LogP contribution in [0.5, 0.6) is 0 Å². The molecule has 170 valence electrons. The van der Waals surface area contributed by atoms with Crippen LogP contribution >= 0.6 is 0 Å². The Morgan fingerprint density at radius 1 is 0.862 bits per heavy atom. The van der Waals surface area contributed by atoms with Gasteiger partial charge in [-0.05, 0) is 0 Å². The number of ether oxygens (including phenoxy) is 3. The van der Waals surface area contributed by atoms with Gasteiger partial charge < -0.3 is 56.5 Å². The molecule has 2 rings (SSSR count). The predicted molar refractivity (Wildman–Crippen MR) is 83.9 cm³/mol. The second-order valence-corrected chi connectivity index (χ2v) is 6.90. The van der Waals surface area contributed by atoms with Crippen molar-refractivity contribution in [2.75, 3.05) is 19.8 Å². The van der Waals surface area contributed by atoms with Crippen LogP contribution < -0.4 is 51.4 Å². The fourth-order valence-electron chi connectivity index (χ4n) is 2.63. The summed E-state index contributed by atoms with van der Waals surface area (Å²) < 4.78 is 47.0. The summed E-state index contributed by atoms with van der Waals surface area (Å²) in [5, 5.41) is 76.7. The van der Waals surface area contributed by atoms with Crippen molar-refractivity contribution >= 4 is 10.4 Å². The molecule has 2 aliphatic rings. The molecule has 29 heavy (non-hydrogen) atoms. The van der Waals surface area contributed by atoms with E-state index in [0.29, 0.717) is 0 Å². The molecule has 10 N–H and O–H groups in total.